The smallest absolute Gasteiger partial charge is 0.109 e. The molecular formula is C9H12N2. The van der Waals surface area contributed by atoms with Crippen molar-refractivity contribution in [3.05, 3.63) is 17.7 Å². The molecule has 2 heteroatoms. The summed E-state index contributed by atoms with van der Waals surface area (Å²) in [4.78, 5) is 4.49. The highest BCUT2D eigenvalue weighted by atomic mass is 15.2. The molecule has 0 N–H and O–H groups in total. The van der Waals surface area contributed by atoms with Crippen LogP contribution < -0.4 is 0 Å². The lowest BCUT2D eigenvalue weighted by Gasteiger charge is -2.07. The third-order valence-electron chi connectivity index (χ3n) is 3.05. The van der Waals surface area contributed by atoms with Crippen LogP contribution in [0.5, 0.6) is 0 Å². The summed E-state index contributed by atoms with van der Waals surface area (Å²) in [6.07, 6.45) is 7.53. The Bertz CT molecular complexity index is 307. The van der Waals surface area contributed by atoms with Crippen molar-refractivity contribution in [2.45, 2.75) is 38.1 Å². The molecule has 1 aromatic rings. The third kappa shape index (κ3) is 0.602. The van der Waals surface area contributed by atoms with Crippen LogP contribution in [0.25, 0.3) is 0 Å². The van der Waals surface area contributed by atoms with Crippen molar-refractivity contribution in [3.8, 4) is 0 Å². The standard InChI is InChI=1S/C9H12N2/c1-7-6-11-8(10-7)2-3-9(11)4-5-9/h6H,2-5H2,1H3. The van der Waals surface area contributed by atoms with E-state index < -0.39 is 0 Å². The van der Waals surface area contributed by atoms with E-state index in [1.807, 2.05) is 0 Å². The second-order valence-corrected chi connectivity index (χ2v) is 3.89. The zero-order chi connectivity index (χ0) is 7.47. The van der Waals surface area contributed by atoms with E-state index in [-0.39, 0.29) is 0 Å². The highest BCUT2D eigenvalue weighted by molar-refractivity contribution is 5.17. The average molecular weight is 148 g/mol. The van der Waals surface area contributed by atoms with Gasteiger partial charge in [0.15, 0.2) is 0 Å². The third-order valence-corrected chi connectivity index (χ3v) is 3.05. The number of aromatic nitrogens is 2. The Labute approximate surface area is 66.2 Å². The first kappa shape index (κ1) is 5.81. The summed E-state index contributed by atoms with van der Waals surface area (Å²) in [6, 6.07) is 0. The Hall–Kier alpha value is -0.790. The molecule has 1 fully saturated rings. The number of hydrogen-bond donors (Lipinski definition) is 0. The SMILES string of the molecule is Cc1cn2c(n1)CCC21CC1. The molecular weight excluding hydrogens is 136 g/mol. The lowest BCUT2D eigenvalue weighted by atomic mass is 10.2. The fourth-order valence-corrected chi connectivity index (χ4v) is 2.23. The van der Waals surface area contributed by atoms with E-state index in [4.69, 9.17) is 0 Å². The number of nitrogens with zero attached hydrogens (tertiary/aromatic N) is 2. The minimum Gasteiger partial charge on any atom is -0.329 e. The van der Waals surface area contributed by atoms with Gasteiger partial charge in [-0.3, -0.25) is 0 Å². The van der Waals surface area contributed by atoms with Crippen LogP contribution in [0, 0.1) is 6.92 Å². The summed E-state index contributed by atoms with van der Waals surface area (Å²) in [7, 11) is 0. The molecule has 1 aliphatic heterocycles. The Morgan fingerprint density at radius 1 is 1.45 bits per heavy atom. The van der Waals surface area contributed by atoms with Crippen LogP contribution in [-0.4, -0.2) is 9.55 Å². The molecule has 0 bridgehead atoms. The number of rotatable bonds is 0. The molecule has 2 nitrogen and oxygen atoms in total. The van der Waals surface area contributed by atoms with E-state index in [0.717, 1.165) is 0 Å². The maximum Gasteiger partial charge on any atom is 0.109 e. The van der Waals surface area contributed by atoms with Gasteiger partial charge in [0.1, 0.15) is 5.82 Å². The molecule has 0 unspecified atom stereocenters. The van der Waals surface area contributed by atoms with E-state index in [1.54, 1.807) is 0 Å². The number of imidazole rings is 1. The van der Waals surface area contributed by atoms with Crippen molar-refractivity contribution in [2.75, 3.05) is 0 Å². The van der Waals surface area contributed by atoms with Crippen LogP contribution in [0.2, 0.25) is 0 Å². The Morgan fingerprint density at radius 2 is 2.27 bits per heavy atom. The molecule has 3 rings (SSSR count). The van der Waals surface area contributed by atoms with Crippen molar-refractivity contribution in [3.63, 3.8) is 0 Å². The number of hydrogen-bond acceptors (Lipinski definition) is 1. The molecule has 0 aromatic carbocycles. The highest BCUT2D eigenvalue weighted by Crippen LogP contribution is 2.51. The molecule has 0 amide bonds. The predicted molar refractivity (Wildman–Crippen MR) is 42.5 cm³/mol. The summed E-state index contributed by atoms with van der Waals surface area (Å²) in [5.41, 5.74) is 1.74. The van der Waals surface area contributed by atoms with Gasteiger partial charge in [-0.05, 0) is 26.2 Å². The van der Waals surface area contributed by atoms with E-state index in [1.165, 1.54) is 37.2 Å². The second kappa shape index (κ2) is 1.52. The Kier molecular flexibility index (Phi) is 0.803. The summed E-state index contributed by atoms with van der Waals surface area (Å²) in [5, 5.41) is 0. The Balaban J connectivity index is 2.19. The lowest BCUT2D eigenvalue weighted by molar-refractivity contribution is 0.510. The lowest BCUT2D eigenvalue weighted by Crippen LogP contribution is -2.09. The largest absolute Gasteiger partial charge is 0.329 e. The first-order valence-electron chi connectivity index (χ1n) is 4.36. The van der Waals surface area contributed by atoms with Gasteiger partial charge in [0.05, 0.1) is 5.69 Å². The second-order valence-electron chi connectivity index (χ2n) is 3.89. The van der Waals surface area contributed by atoms with Crippen molar-refractivity contribution in [1.29, 1.82) is 0 Å². The summed E-state index contributed by atoms with van der Waals surface area (Å²) >= 11 is 0. The van der Waals surface area contributed by atoms with Gasteiger partial charge in [0.2, 0.25) is 0 Å². The summed E-state index contributed by atoms with van der Waals surface area (Å²) < 4.78 is 2.42. The van der Waals surface area contributed by atoms with E-state index >= 15 is 0 Å². The molecule has 0 atom stereocenters. The van der Waals surface area contributed by atoms with Gasteiger partial charge < -0.3 is 4.57 Å². The fraction of sp³-hybridized carbons (Fsp3) is 0.667. The van der Waals surface area contributed by atoms with Crippen LogP contribution in [0.1, 0.15) is 30.8 Å². The molecule has 1 saturated carbocycles. The first-order chi connectivity index (χ1) is 5.30. The van der Waals surface area contributed by atoms with Gasteiger partial charge in [0.25, 0.3) is 0 Å². The van der Waals surface area contributed by atoms with Crippen molar-refractivity contribution in [1.82, 2.24) is 9.55 Å². The van der Waals surface area contributed by atoms with E-state index in [2.05, 4.69) is 22.7 Å². The van der Waals surface area contributed by atoms with Crippen molar-refractivity contribution >= 4 is 0 Å². The predicted octanol–water partition coefficient (Wildman–Crippen LogP) is 1.63. The zero-order valence-electron chi connectivity index (χ0n) is 6.80. The Morgan fingerprint density at radius 3 is 3.00 bits per heavy atom. The molecule has 2 aliphatic rings. The van der Waals surface area contributed by atoms with Crippen LogP contribution in [0.3, 0.4) is 0 Å². The van der Waals surface area contributed by atoms with Gasteiger partial charge in [-0.15, -0.1) is 0 Å². The molecule has 0 radical (unpaired) electrons. The fourth-order valence-electron chi connectivity index (χ4n) is 2.23. The van der Waals surface area contributed by atoms with Gasteiger partial charge in [-0.25, -0.2) is 4.98 Å². The zero-order valence-corrected chi connectivity index (χ0v) is 6.80. The number of fused-ring (bicyclic) bond motifs is 2. The van der Waals surface area contributed by atoms with E-state index in [9.17, 15) is 0 Å². The molecule has 58 valence electrons. The summed E-state index contributed by atoms with van der Waals surface area (Å²) in [5.74, 6) is 1.32. The van der Waals surface area contributed by atoms with Crippen LogP contribution in [0.15, 0.2) is 6.20 Å². The first-order valence-corrected chi connectivity index (χ1v) is 4.36. The van der Waals surface area contributed by atoms with Gasteiger partial charge in [-0.1, -0.05) is 0 Å². The van der Waals surface area contributed by atoms with Gasteiger partial charge >= 0.3 is 0 Å². The highest BCUT2D eigenvalue weighted by Gasteiger charge is 2.48. The summed E-state index contributed by atoms with van der Waals surface area (Å²) in [6.45, 7) is 2.08. The molecule has 2 heterocycles. The quantitative estimate of drug-likeness (QED) is 0.546. The maximum absolute atomic E-state index is 4.49. The van der Waals surface area contributed by atoms with Gasteiger partial charge in [-0.2, -0.15) is 0 Å². The minimum atomic E-state index is 0.552. The molecule has 11 heavy (non-hydrogen) atoms. The molecule has 0 saturated heterocycles. The molecule has 1 aliphatic carbocycles. The topological polar surface area (TPSA) is 17.8 Å². The monoisotopic (exact) mass is 148 g/mol. The normalized spacial score (nSPS) is 24.1. The minimum absolute atomic E-state index is 0.552. The maximum atomic E-state index is 4.49. The van der Waals surface area contributed by atoms with Crippen LogP contribution in [0.4, 0.5) is 0 Å². The van der Waals surface area contributed by atoms with Gasteiger partial charge in [0, 0.05) is 18.2 Å². The van der Waals surface area contributed by atoms with Crippen LogP contribution in [-0.2, 0) is 12.0 Å². The average Bonchev–Trinajstić information content (AvgIpc) is 2.57. The number of aryl methyl sites for hydroxylation is 2. The van der Waals surface area contributed by atoms with Crippen molar-refractivity contribution < 1.29 is 0 Å². The molecule has 1 aromatic heterocycles. The molecule has 1 spiro atoms. The van der Waals surface area contributed by atoms with Crippen LogP contribution >= 0.6 is 0 Å². The van der Waals surface area contributed by atoms with Crippen molar-refractivity contribution in [2.24, 2.45) is 0 Å². The van der Waals surface area contributed by atoms with E-state index in [0.29, 0.717) is 5.54 Å².